The summed E-state index contributed by atoms with van der Waals surface area (Å²) in [6, 6.07) is 16.6. The van der Waals surface area contributed by atoms with E-state index in [1.165, 1.54) is 0 Å². The molecule has 1 amide bonds. The van der Waals surface area contributed by atoms with Crippen molar-refractivity contribution in [3.63, 3.8) is 0 Å². The van der Waals surface area contributed by atoms with Crippen LogP contribution in [0.4, 0.5) is 5.69 Å². The molecule has 0 fully saturated rings. The molecule has 0 atom stereocenters. The van der Waals surface area contributed by atoms with Gasteiger partial charge in [0.15, 0.2) is 0 Å². The quantitative estimate of drug-likeness (QED) is 0.708. The first kappa shape index (κ1) is 15.5. The lowest BCUT2D eigenvalue weighted by Gasteiger charge is -2.07. The highest BCUT2D eigenvalue weighted by Gasteiger charge is 2.10. The monoisotopic (exact) mass is 341 g/mol. The summed E-state index contributed by atoms with van der Waals surface area (Å²) >= 11 is 7.48. The topological polar surface area (TPSA) is 54.9 Å². The molecule has 1 N–H and O–H groups in total. The lowest BCUT2D eigenvalue weighted by Crippen LogP contribution is -2.12. The first-order valence-electron chi connectivity index (χ1n) is 6.83. The van der Waals surface area contributed by atoms with Crippen molar-refractivity contribution in [2.45, 2.75) is 9.92 Å². The zero-order valence-corrected chi connectivity index (χ0v) is 13.5. The van der Waals surface area contributed by atoms with Gasteiger partial charge in [0.2, 0.25) is 0 Å². The fraction of sp³-hybridized carbons (Fsp3) is 0. The third kappa shape index (κ3) is 4.09. The molecule has 23 heavy (non-hydrogen) atoms. The third-order valence-corrected chi connectivity index (χ3v) is 4.24. The van der Waals surface area contributed by atoms with Crippen molar-refractivity contribution in [2.75, 3.05) is 5.32 Å². The van der Waals surface area contributed by atoms with Crippen molar-refractivity contribution >= 4 is 35.0 Å². The number of carbonyl (C=O) groups excluding carboxylic acids is 1. The van der Waals surface area contributed by atoms with Gasteiger partial charge in [0.05, 0.1) is 5.56 Å². The lowest BCUT2D eigenvalue weighted by molar-refractivity contribution is 0.102. The highest BCUT2D eigenvalue weighted by Crippen LogP contribution is 2.26. The van der Waals surface area contributed by atoms with Gasteiger partial charge in [-0.15, -0.1) is 0 Å². The minimum absolute atomic E-state index is 0.187. The molecule has 1 aromatic carbocycles. The summed E-state index contributed by atoms with van der Waals surface area (Å²) in [6.07, 6.45) is 3.30. The maximum absolute atomic E-state index is 12.2. The number of nitrogens with one attached hydrogen (secondary N) is 1. The average Bonchev–Trinajstić information content (AvgIpc) is 2.58. The van der Waals surface area contributed by atoms with E-state index in [4.69, 9.17) is 11.6 Å². The number of halogens is 1. The first-order valence-corrected chi connectivity index (χ1v) is 8.02. The van der Waals surface area contributed by atoms with Crippen molar-refractivity contribution < 1.29 is 4.79 Å². The molecule has 0 spiro atoms. The molecule has 0 aliphatic rings. The van der Waals surface area contributed by atoms with E-state index in [1.54, 1.807) is 36.3 Å². The van der Waals surface area contributed by atoms with E-state index >= 15 is 0 Å². The second-order valence-electron chi connectivity index (χ2n) is 4.59. The van der Waals surface area contributed by atoms with Gasteiger partial charge >= 0.3 is 0 Å². The number of hydrogen-bond donors (Lipinski definition) is 1. The molecular formula is C17H12ClN3OS. The molecule has 0 radical (unpaired) electrons. The van der Waals surface area contributed by atoms with E-state index in [-0.39, 0.29) is 11.1 Å². The van der Waals surface area contributed by atoms with E-state index in [0.29, 0.717) is 11.3 Å². The minimum atomic E-state index is -0.284. The van der Waals surface area contributed by atoms with Gasteiger partial charge in [0, 0.05) is 23.0 Å². The highest BCUT2D eigenvalue weighted by atomic mass is 35.5. The molecule has 2 aromatic heterocycles. The highest BCUT2D eigenvalue weighted by molar-refractivity contribution is 7.99. The molecular weight excluding hydrogens is 330 g/mol. The zero-order valence-electron chi connectivity index (χ0n) is 11.9. The Morgan fingerprint density at radius 3 is 2.43 bits per heavy atom. The van der Waals surface area contributed by atoms with Crippen molar-refractivity contribution in [1.29, 1.82) is 0 Å². The Morgan fingerprint density at radius 1 is 0.957 bits per heavy atom. The normalized spacial score (nSPS) is 10.3. The van der Waals surface area contributed by atoms with Crippen LogP contribution in [0.15, 0.2) is 76.9 Å². The SMILES string of the molecule is O=C(Nc1ccc(Sc2ccccn2)cc1)c1cccnc1Cl. The molecule has 3 aromatic rings. The van der Waals surface area contributed by atoms with Crippen LogP contribution < -0.4 is 5.32 Å². The van der Waals surface area contributed by atoms with Gasteiger partial charge in [0.1, 0.15) is 10.2 Å². The molecule has 0 aliphatic heterocycles. The van der Waals surface area contributed by atoms with Gasteiger partial charge < -0.3 is 5.32 Å². The van der Waals surface area contributed by atoms with Gasteiger partial charge in [-0.25, -0.2) is 9.97 Å². The molecule has 0 aliphatic carbocycles. The van der Waals surface area contributed by atoms with Gasteiger partial charge in [-0.05, 0) is 48.5 Å². The summed E-state index contributed by atoms with van der Waals surface area (Å²) in [5.41, 5.74) is 1.04. The summed E-state index contributed by atoms with van der Waals surface area (Å²) < 4.78 is 0. The van der Waals surface area contributed by atoms with Crippen molar-refractivity contribution in [3.8, 4) is 0 Å². The largest absolute Gasteiger partial charge is 0.322 e. The second-order valence-corrected chi connectivity index (χ2v) is 6.04. The molecule has 6 heteroatoms. The Labute approximate surface area is 142 Å². The molecule has 114 valence electrons. The zero-order chi connectivity index (χ0) is 16.1. The Balaban J connectivity index is 1.68. The van der Waals surface area contributed by atoms with Gasteiger partial charge in [0.25, 0.3) is 5.91 Å². The van der Waals surface area contributed by atoms with Crippen LogP contribution in [0.3, 0.4) is 0 Å². The Bertz CT molecular complexity index is 810. The number of anilines is 1. The smallest absolute Gasteiger partial charge is 0.258 e. The van der Waals surface area contributed by atoms with E-state index in [1.807, 2.05) is 42.5 Å². The maximum atomic E-state index is 12.2. The van der Waals surface area contributed by atoms with Crippen LogP contribution >= 0.6 is 23.4 Å². The summed E-state index contributed by atoms with van der Waals surface area (Å²) in [6.45, 7) is 0. The minimum Gasteiger partial charge on any atom is -0.322 e. The number of amides is 1. The van der Waals surface area contributed by atoms with Crippen molar-refractivity contribution in [2.24, 2.45) is 0 Å². The predicted molar refractivity (Wildman–Crippen MR) is 92.0 cm³/mol. The Morgan fingerprint density at radius 2 is 1.74 bits per heavy atom. The Hall–Kier alpha value is -2.37. The number of aromatic nitrogens is 2. The van der Waals surface area contributed by atoms with E-state index in [0.717, 1.165) is 9.92 Å². The molecule has 0 bridgehead atoms. The fourth-order valence-electron chi connectivity index (χ4n) is 1.89. The lowest BCUT2D eigenvalue weighted by atomic mass is 10.2. The van der Waals surface area contributed by atoms with Crippen LogP contribution in [-0.2, 0) is 0 Å². The summed E-state index contributed by atoms with van der Waals surface area (Å²) in [4.78, 5) is 21.4. The third-order valence-electron chi connectivity index (χ3n) is 2.98. The number of rotatable bonds is 4. The van der Waals surface area contributed by atoms with Crippen LogP contribution in [0.5, 0.6) is 0 Å². The molecule has 4 nitrogen and oxygen atoms in total. The first-order chi connectivity index (χ1) is 11.2. The van der Waals surface area contributed by atoms with Gasteiger partial charge in [-0.1, -0.05) is 29.4 Å². The summed E-state index contributed by atoms with van der Waals surface area (Å²) in [5.74, 6) is -0.284. The van der Waals surface area contributed by atoms with E-state index in [2.05, 4.69) is 15.3 Å². The fourth-order valence-corrected chi connectivity index (χ4v) is 2.87. The predicted octanol–water partition coefficient (Wildman–Crippen LogP) is 4.53. The number of pyridine rings is 2. The van der Waals surface area contributed by atoms with Gasteiger partial charge in [-0.3, -0.25) is 4.79 Å². The van der Waals surface area contributed by atoms with Crippen LogP contribution in [0.1, 0.15) is 10.4 Å². The summed E-state index contributed by atoms with van der Waals surface area (Å²) in [7, 11) is 0. The molecule has 0 saturated heterocycles. The number of hydrogen-bond acceptors (Lipinski definition) is 4. The molecule has 0 unspecified atom stereocenters. The average molecular weight is 342 g/mol. The number of nitrogens with zero attached hydrogens (tertiary/aromatic N) is 2. The standard InChI is InChI=1S/C17H12ClN3OS/c18-16-14(4-3-11-20-16)17(22)21-12-6-8-13(9-7-12)23-15-5-1-2-10-19-15/h1-11H,(H,21,22). The van der Waals surface area contributed by atoms with Crippen molar-refractivity contribution in [1.82, 2.24) is 9.97 Å². The number of carbonyl (C=O) groups is 1. The molecule has 2 heterocycles. The van der Waals surface area contributed by atoms with Crippen molar-refractivity contribution in [3.05, 3.63) is 77.7 Å². The van der Waals surface area contributed by atoms with Crippen LogP contribution in [0.2, 0.25) is 5.15 Å². The maximum Gasteiger partial charge on any atom is 0.258 e. The molecule has 0 saturated carbocycles. The molecule has 3 rings (SSSR count). The second kappa shape index (κ2) is 7.26. The Kier molecular flexibility index (Phi) is 4.90. The van der Waals surface area contributed by atoms with E-state index in [9.17, 15) is 4.79 Å². The van der Waals surface area contributed by atoms with Crippen LogP contribution in [-0.4, -0.2) is 15.9 Å². The van der Waals surface area contributed by atoms with Crippen LogP contribution in [0, 0.1) is 0 Å². The summed E-state index contributed by atoms with van der Waals surface area (Å²) in [5, 5.41) is 3.91. The van der Waals surface area contributed by atoms with E-state index < -0.39 is 0 Å². The number of benzene rings is 1. The van der Waals surface area contributed by atoms with Gasteiger partial charge in [-0.2, -0.15) is 0 Å². The van der Waals surface area contributed by atoms with Crippen LogP contribution in [0.25, 0.3) is 0 Å².